The zero-order chi connectivity index (χ0) is 20.5. The number of methoxy groups -OCH3 is 1. The summed E-state index contributed by atoms with van der Waals surface area (Å²) in [5.74, 6) is -0.0223. The molecule has 4 aromatic rings. The number of hydrogen-bond acceptors (Lipinski definition) is 6. The predicted molar refractivity (Wildman–Crippen MR) is 107 cm³/mol. The first-order valence-electron chi connectivity index (χ1n) is 8.67. The third-order valence-electron chi connectivity index (χ3n) is 4.33. The summed E-state index contributed by atoms with van der Waals surface area (Å²) in [5, 5.41) is 4.64. The monoisotopic (exact) mass is 412 g/mol. The van der Waals surface area contributed by atoms with Gasteiger partial charge in [0.25, 0.3) is 0 Å². The summed E-state index contributed by atoms with van der Waals surface area (Å²) >= 11 is 1.28. The fourth-order valence-corrected chi connectivity index (χ4v) is 3.50. The highest BCUT2D eigenvalue weighted by Gasteiger charge is 2.15. The maximum absolute atomic E-state index is 14.6. The van der Waals surface area contributed by atoms with E-state index in [1.165, 1.54) is 41.5 Å². The number of halogens is 1. The van der Waals surface area contributed by atoms with Gasteiger partial charge in [0.1, 0.15) is 12.1 Å². The summed E-state index contributed by atoms with van der Waals surface area (Å²) in [7, 11) is 1.53. The molecule has 29 heavy (non-hydrogen) atoms. The van der Waals surface area contributed by atoms with E-state index in [1.54, 1.807) is 24.6 Å². The molecule has 2 heterocycles. The Morgan fingerprint density at radius 1 is 1.10 bits per heavy atom. The van der Waals surface area contributed by atoms with E-state index >= 15 is 0 Å². The van der Waals surface area contributed by atoms with Crippen LogP contribution in [0.1, 0.15) is 11.3 Å². The van der Waals surface area contributed by atoms with Crippen LogP contribution < -0.4 is 15.2 Å². The molecule has 0 atom stereocenters. The Hall–Kier alpha value is -3.46. The third-order valence-corrected chi connectivity index (χ3v) is 5.13. The topological polar surface area (TPSA) is 71.2 Å². The van der Waals surface area contributed by atoms with Crippen LogP contribution in [0.3, 0.4) is 0 Å². The Morgan fingerprint density at radius 3 is 2.59 bits per heavy atom. The lowest BCUT2D eigenvalue weighted by atomic mass is 10.2. The summed E-state index contributed by atoms with van der Waals surface area (Å²) in [4.78, 5) is 17.0. The molecule has 0 unspecified atom stereocenters. The molecule has 2 aromatic heterocycles. The van der Waals surface area contributed by atoms with Crippen molar-refractivity contribution in [1.82, 2.24) is 19.3 Å². The smallest absolute Gasteiger partial charge is 0.355 e. The van der Waals surface area contributed by atoms with E-state index in [2.05, 4.69) is 10.1 Å². The highest BCUT2D eigenvalue weighted by molar-refractivity contribution is 7.11. The van der Waals surface area contributed by atoms with Crippen LogP contribution in [0.25, 0.3) is 11.4 Å². The first-order chi connectivity index (χ1) is 14.0. The fourth-order valence-electron chi connectivity index (χ4n) is 2.83. The van der Waals surface area contributed by atoms with Crippen molar-refractivity contribution in [3.05, 3.63) is 75.8 Å². The summed E-state index contributed by atoms with van der Waals surface area (Å²) in [6, 6.07) is 9.72. The number of ether oxygens (including phenoxy) is 2. The average Bonchev–Trinajstić information content (AvgIpc) is 3.29. The largest absolute Gasteiger partial charge is 0.495 e. The molecule has 2 aromatic carbocycles. The Balaban J connectivity index is 1.70. The quantitative estimate of drug-likeness (QED) is 0.495. The van der Waals surface area contributed by atoms with Crippen LogP contribution in [0.5, 0.6) is 16.6 Å². The maximum Gasteiger partial charge on any atom is 0.355 e. The molecule has 148 valence electrons. The van der Waals surface area contributed by atoms with E-state index in [4.69, 9.17) is 9.47 Å². The molecule has 0 aliphatic heterocycles. The van der Waals surface area contributed by atoms with Gasteiger partial charge in [-0.15, -0.1) is 0 Å². The average molecular weight is 412 g/mol. The summed E-state index contributed by atoms with van der Waals surface area (Å²) in [6.45, 7) is 3.70. The van der Waals surface area contributed by atoms with Crippen molar-refractivity contribution in [3.8, 4) is 27.9 Å². The fraction of sp³-hybridized carbons (Fsp3) is 0.150. The highest BCUT2D eigenvalue weighted by atomic mass is 32.1. The van der Waals surface area contributed by atoms with Gasteiger partial charge in [0.2, 0.25) is 5.06 Å². The SMILES string of the molecule is COc1ccc(C)cc1-n1cnn(-c2ccc(Oc3scnc3C)c(F)c2)c1=O. The standard InChI is InChI=1S/C20H17FN4O3S/c1-12-4-6-18(27-3)16(8-12)24-10-23-25(20(24)26)14-5-7-17(15(21)9-14)28-19-13(2)22-11-29-19/h4-11H,1-3H3. The molecule has 0 spiro atoms. The van der Waals surface area contributed by atoms with E-state index in [0.717, 1.165) is 10.2 Å². The highest BCUT2D eigenvalue weighted by Crippen LogP contribution is 2.31. The second kappa shape index (κ2) is 7.51. The Kier molecular flexibility index (Phi) is 4.89. The predicted octanol–water partition coefficient (Wildman–Crippen LogP) is 4.04. The second-order valence-corrected chi connectivity index (χ2v) is 7.13. The molecule has 0 bridgehead atoms. The Morgan fingerprint density at radius 2 is 1.90 bits per heavy atom. The number of thiazole rings is 1. The van der Waals surface area contributed by atoms with E-state index in [0.29, 0.717) is 22.2 Å². The van der Waals surface area contributed by atoms with Crippen LogP contribution in [0.15, 0.2) is 53.0 Å². The van der Waals surface area contributed by atoms with Crippen molar-refractivity contribution < 1.29 is 13.9 Å². The summed E-state index contributed by atoms with van der Waals surface area (Å²) < 4.78 is 28.0. The van der Waals surface area contributed by atoms with Crippen LogP contribution in [-0.4, -0.2) is 26.4 Å². The van der Waals surface area contributed by atoms with Crippen LogP contribution in [-0.2, 0) is 0 Å². The lowest BCUT2D eigenvalue weighted by molar-refractivity contribution is 0.412. The molecular formula is C20H17FN4O3S. The van der Waals surface area contributed by atoms with Crippen molar-refractivity contribution in [2.24, 2.45) is 0 Å². The molecule has 7 nitrogen and oxygen atoms in total. The number of benzene rings is 2. The van der Waals surface area contributed by atoms with Gasteiger partial charge >= 0.3 is 5.69 Å². The summed E-state index contributed by atoms with van der Waals surface area (Å²) in [6.07, 6.45) is 1.38. The third kappa shape index (κ3) is 3.52. The van der Waals surface area contributed by atoms with Crippen LogP contribution in [0.2, 0.25) is 0 Å². The van der Waals surface area contributed by atoms with E-state index < -0.39 is 11.5 Å². The van der Waals surface area contributed by atoms with Crippen molar-refractivity contribution in [1.29, 1.82) is 0 Å². The summed E-state index contributed by atoms with van der Waals surface area (Å²) in [5.41, 5.74) is 3.67. The minimum absolute atomic E-state index is 0.0499. The Labute approximate surface area is 169 Å². The minimum atomic E-state index is -0.607. The lowest BCUT2D eigenvalue weighted by Crippen LogP contribution is -2.23. The zero-order valence-corrected chi connectivity index (χ0v) is 16.7. The number of aromatic nitrogens is 4. The number of hydrogen-bond donors (Lipinski definition) is 0. The molecular weight excluding hydrogens is 395 g/mol. The van der Waals surface area contributed by atoms with Gasteiger partial charge in [0.05, 0.1) is 29.7 Å². The number of nitrogens with zero attached hydrogens (tertiary/aromatic N) is 4. The molecule has 0 radical (unpaired) electrons. The van der Waals surface area contributed by atoms with E-state index in [-0.39, 0.29) is 11.4 Å². The molecule has 0 aliphatic carbocycles. The first kappa shape index (κ1) is 18.9. The molecule has 9 heteroatoms. The minimum Gasteiger partial charge on any atom is -0.495 e. The molecule has 0 saturated heterocycles. The van der Waals surface area contributed by atoms with Gasteiger partial charge in [-0.3, -0.25) is 0 Å². The molecule has 0 saturated carbocycles. The first-order valence-corrected chi connectivity index (χ1v) is 9.55. The zero-order valence-electron chi connectivity index (χ0n) is 15.9. The maximum atomic E-state index is 14.6. The van der Waals surface area contributed by atoms with E-state index in [9.17, 15) is 9.18 Å². The number of aryl methyl sites for hydroxylation is 2. The van der Waals surface area contributed by atoms with Crippen molar-refractivity contribution >= 4 is 11.3 Å². The van der Waals surface area contributed by atoms with E-state index in [1.807, 2.05) is 19.1 Å². The van der Waals surface area contributed by atoms with Crippen molar-refractivity contribution in [3.63, 3.8) is 0 Å². The second-order valence-electron chi connectivity index (χ2n) is 6.31. The molecule has 4 rings (SSSR count). The van der Waals surface area contributed by atoms with Crippen LogP contribution in [0.4, 0.5) is 4.39 Å². The number of rotatable bonds is 5. The van der Waals surface area contributed by atoms with Gasteiger partial charge in [-0.1, -0.05) is 17.4 Å². The Bertz CT molecular complexity index is 1240. The normalized spacial score (nSPS) is 10.9. The van der Waals surface area contributed by atoms with Gasteiger partial charge < -0.3 is 9.47 Å². The molecule has 0 fully saturated rings. The lowest BCUT2D eigenvalue weighted by Gasteiger charge is -2.09. The van der Waals surface area contributed by atoms with Gasteiger partial charge in [0, 0.05) is 6.07 Å². The van der Waals surface area contributed by atoms with Gasteiger partial charge in [-0.2, -0.15) is 9.78 Å². The van der Waals surface area contributed by atoms with Crippen LogP contribution in [0, 0.1) is 19.7 Å². The van der Waals surface area contributed by atoms with Gasteiger partial charge in [0.15, 0.2) is 11.6 Å². The molecule has 0 N–H and O–H groups in total. The van der Waals surface area contributed by atoms with Crippen molar-refractivity contribution in [2.45, 2.75) is 13.8 Å². The van der Waals surface area contributed by atoms with Gasteiger partial charge in [-0.25, -0.2) is 18.7 Å². The molecule has 0 amide bonds. The molecule has 0 aliphatic rings. The van der Waals surface area contributed by atoms with Gasteiger partial charge in [-0.05, 0) is 43.7 Å². The van der Waals surface area contributed by atoms with Crippen LogP contribution >= 0.6 is 11.3 Å². The van der Waals surface area contributed by atoms with Crippen molar-refractivity contribution in [2.75, 3.05) is 7.11 Å².